The molecule has 1 heterocycles. The van der Waals surface area contributed by atoms with Gasteiger partial charge in [-0.25, -0.2) is 0 Å². The summed E-state index contributed by atoms with van der Waals surface area (Å²) < 4.78 is 0. The average Bonchev–Trinajstić information content (AvgIpc) is 2.66. The highest BCUT2D eigenvalue weighted by molar-refractivity contribution is 8.03. The lowest BCUT2D eigenvalue weighted by Crippen LogP contribution is -2.24. The molecule has 4 nitrogen and oxygen atoms in total. The summed E-state index contributed by atoms with van der Waals surface area (Å²) >= 11 is 3.42. The second-order valence-electron chi connectivity index (χ2n) is 9.41. The topological polar surface area (TPSA) is 62.2 Å². The third-order valence-electron chi connectivity index (χ3n) is 4.64. The first-order valence-corrected chi connectivity index (χ1v) is 12.4. The zero-order valence-electron chi connectivity index (χ0n) is 18.9. The largest absolute Gasteiger partial charge is 0.507 e. The van der Waals surface area contributed by atoms with E-state index in [1.54, 1.807) is 35.9 Å². The molecule has 1 aromatic carbocycles. The van der Waals surface area contributed by atoms with E-state index in [0.29, 0.717) is 18.0 Å². The number of phenolic OH excluding ortho intramolecular Hbond substituents is 1. The summed E-state index contributed by atoms with van der Waals surface area (Å²) in [5, 5.41) is 13.8. The third kappa shape index (κ3) is 7.55. The maximum absolute atomic E-state index is 12.0. The first-order valence-electron chi connectivity index (χ1n) is 10.2. The van der Waals surface area contributed by atoms with E-state index >= 15 is 0 Å². The minimum absolute atomic E-state index is 0.0449. The van der Waals surface area contributed by atoms with Crippen LogP contribution < -0.4 is 5.32 Å². The fourth-order valence-corrected chi connectivity index (χ4v) is 4.85. The van der Waals surface area contributed by atoms with Gasteiger partial charge >= 0.3 is 0 Å². The molecular formula is C24H34N2O2S2. The van der Waals surface area contributed by atoms with Gasteiger partial charge in [0.1, 0.15) is 5.75 Å². The number of nitrogens with zero attached hydrogens (tertiary/aromatic N) is 1. The Hall–Kier alpha value is -1.66. The van der Waals surface area contributed by atoms with Gasteiger partial charge in [0.2, 0.25) is 5.91 Å². The number of rotatable bonds is 8. The Balaban J connectivity index is 1.86. The number of thioether (sulfide) groups is 2. The lowest BCUT2D eigenvalue weighted by Gasteiger charge is -2.28. The summed E-state index contributed by atoms with van der Waals surface area (Å²) in [7, 11) is 0. The highest BCUT2D eigenvalue weighted by atomic mass is 32.2. The van der Waals surface area contributed by atoms with Crippen molar-refractivity contribution in [3.8, 4) is 5.75 Å². The Morgan fingerprint density at radius 3 is 2.23 bits per heavy atom. The van der Waals surface area contributed by atoms with Crippen LogP contribution in [0.15, 0.2) is 41.6 Å². The molecule has 2 aromatic rings. The number of hydrogen-bond donors (Lipinski definition) is 2. The van der Waals surface area contributed by atoms with E-state index in [0.717, 1.165) is 28.2 Å². The van der Waals surface area contributed by atoms with Crippen LogP contribution in [0.5, 0.6) is 5.75 Å². The van der Waals surface area contributed by atoms with E-state index in [1.165, 1.54) is 4.90 Å². The van der Waals surface area contributed by atoms with E-state index in [-0.39, 0.29) is 16.7 Å². The van der Waals surface area contributed by atoms with Gasteiger partial charge in [0, 0.05) is 46.5 Å². The number of aromatic nitrogens is 1. The van der Waals surface area contributed by atoms with Crippen molar-refractivity contribution >= 4 is 29.4 Å². The Kier molecular flexibility index (Phi) is 8.68. The SMILES string of the molecule is CC(C)(C)c1cc(SCCSCC(=O)NCc2cccnc2)cc(C(C)(C)C)c1O. The van der Waals surface area contributed by atoms with Crippen LogP contribution in [0.4, 0.5) is 0 Å². The number of amides is 1. The summed E-state index contributed by atoms with van der Waals surface area (Å²) in [4.78, 5) is 17.2. The molecule has 30 heavy (non-hydrogen) atoms. The molecule has 1 aromatic heterocycles. The molecule has 0 saturated carbocycles. The molecule has 0 aliphatic carbocycles. The van der Waals surface area contributed by atoms with Crippen molar-refractivity contribution in [3.05, 3.63) is 53.3 Å². The molecule has 0 aliphatic heterocycles. The van der Waals surface area contributed by atoms with Crippen molar-refractivity contribution in [2.45, 2.75) is 63.8 Å². The van der Waals surface area contributed by atoms with Crippen molar-refractivity contribution in [2.75, 3.05) is 17.3 Å². The van der Waals surface area contributed by atoms with E-state index in [1.807, 2.05) is 12.1 Å². The maximum atomic E-state index is 12.0. The van der Waals surface area contributed by atoms with E-state index in [4.69, 9.17) is 0 Å². The Morgan fingerprint density at radius 2 is 1.70 bits per heavy atom. The summed E-state index contributed by atoms with van der Waals surface area (Å²) in [6.45, 7) is 13.3. The molecule has 0 spiro atoms. The number of carbonyl (C=O) groups excluding carboxylic acids is 1. The lowest BCUT2D eigenvalue weighted by atomic mass is 9.79. The van der Waals surface area contributed by atoms with E-state index in [9.17, 15) is 9.90 Å². The van der Waals surface area contributed by atoms with Crippen LogP contribution in [0.1, 0.15) is 58.2 Å². The zero-order valence-corrected chi connectivity index (χ0v) is 20.5. The molecule has 0 radical (unpaired) electrons. The summed E-state index contributed by atoms with van der Waals surface area (Å²) in [5.41, 5.74) is 2.73. The zero-order chi connectivity index (χ0) is 22.4. The Morgan fingerprint density at radius 1 is 1.07 bits per heavy atom. The van der Waals surface area contributed by atoms with Crippen molar-refractivity contribution in [2.24, 2.45) is 0 Å². The molecule has 6 heteroatoms. The van der Waals surface area contributed by atoms with Gasteiger partial charge in [-0.15, -0.1) is 11.8 Å². The minimum Gasteiger partial charge on any atom is -0.507 e. The van der Waals surface area contributed by atoms with Gasteiger partial charge < -0.3 is 10.4 Å². The molecule has 0 bridgehead atoms. The number of benzene rings is 1. The number of carbonyl (C=O) groups is 1. The number of hydrogen-bond acceptors (Lipinski definition) is 5. The first kappa shape index (κ1) is 24.6. The Bertz CT molecular complexity index is 806. The molecule has 0 fully saturated rings. The highest BCUT2D eigenvalue weighted by Gasteiger charge is 2.26. The third-order valence-corrected chi connectivity index (χ3v) is 6.84. The van der Waals surface area contributed by atoms with Crippen molar-refractivity contribution in [1.82, 2.24) is 10.3 Å². The van der Waals surface area contributed by atoms with Gasteiger partial charge in [-0.3, -0.25) is 9.78 Å². The van der Waals surface area contributed by atoms with Crippen LogP contribution in [0.3, 0.4) is 0 Å². The second-order valence-corrected chi connectivity index (χ2v) is 11.7. The van der Waals surface area contributed by atoms with E-state index in [2.05, 4.69) is 64.0 Å². The van der Waals surface area contributed by atoms with Crippen LogP contribution in [0.2, 0.25) is 0 Å². The van der Waals surface area contributed by atoms with Crippen LogP contribution in [-0.2, 0) is 22.2 Å². The summed E-state index contributed by atoms with van der Waals surface area (Å²) in [5.74, 6) is 2.72. The van der Waals surface area contributed by atoms with E-state index < -0.39 is 0 Å². The maximum Gasteiger partial charge on any atom is 0.230 e. The van der Waals surface area contributed by atoms with Crippen LogP contribution in [0.25, 0.3) is 0 Å². The predicted molar refractivity (Wildman–Crippen MR) is 130 cm³/mol. The Labute approximate surface area is 189 Å². The molecule has 0 aliphatic rings. The number of nitrogens with one attached hydrogen (secondary N) is 1. The van der Waals surface area contributed by atoms with Crippen molar-refractivity contribution in [3.63, 3.8) is 0 Å². The predicted octanol–water partition coefficient (Wildman–Crippen LogP) is 5.52. The first-order chi connectivity index (χ1) is 14.0. The fraction of sp³-hybridized carbons (Fsp3) is 0.500. The number of pyridine rings is 1. The van der Waals surface area contributed by atoms with Crippen LogP contribution in [-0.4, -0.2) is 33.3 Å². The monoisotopic (exact) mass is 446 g/mol. The second kappa shape index (κ2) is 10.6. The molecule has 1 amide bonds. The summed E-state index contributed by atoms with van der Waals surface area (Å²) in [6, 6.07) is 8.04. The normalized spacial score (nSPS) is 12.1. The average molecular weight is 447 g/mol. The molecule has 0 unspecified atom stereocenters. The standard InChI is InChI=1S/C24H34N2O2S2/c1-23(2,3)19-12-18(13-20(22(19)28)24(4,5)6)30-11-10-29-16-21(27)26-15-17-8-7-9-25-14-17/h7-9,12-14,28H,10-11,15-16H2,1-6H3,(H,26,27). The van der Waals surface area contributed by atoms with Crippen molar-refractivity contribution in [1.29, 1.82) is 0 Å². The van der Waals surface area contributed by atoms with Gasteiger partial charge in [0.15, 0.2) is 0 Å². The number of phenols is 1. The molecule has 0 atom stereocenters. The molecule has 164 valence electrons. The van der Waals surface area contributed by atoms with Gasteiger partial charge in [-0.05, 0) is 34.6 Å². The van der Waals surface area contributed by atoms with Gasteiger partial charge in [0.05, 0.1) is 5.75 Å². The molecule has 2 N–H and O–H groups in total. The number of aromatic hydroxyl groups is 1. The molecule has 0 saturated heterocycles. The van der Waals surface area contributed by atoms with Crippen LogP contribution in [0, 0.1) is 0 Å². The molecule has 2 rings (SSSR count). The van der Waals surface area contributed by atoms with Crippen LogP contribution >= 0.6 is 23.5 Å². The molecular weight excluding hydrogens is 412 g/mol. The van der Waals surface area contributed by atoms with Gasteiger partial charge in [0.25, 0.3) is 0 Å². The highest BCUT2D eigenvalue weighted by Crippen LogP contribution is 2.41. The lowest BCUT2D eigenvalue weighted by molar-refractivity contribution is -0.118. The minimum atomic E-state index is -0.123. The van der Waals surface area contributed by atoms with Gasteiger partial charge in [-0.1, -0.05) is 47.6 Å². The quantitative estimate of drug-likeness (QED) is 0.413. The summed E-state index contributed by atoms with van der Waals surface area (Å²) in [6.07, 6.45) is 3.49. The smallest absolute Gasteiger partial charge is 0.230 e. The van der Waals surface area contributed by atoms with Crippen molar-refractivity contribution < 1.29 is 9.90 Å². The fourth-order valence-electron chi connectivity index (χ4n) is 2.97. The van der Waals surface area contributed by atoms with Gasteiger partial charge in [-0.2, -0.15) is 11.8 Å².